The number of carbonyl (C=O) groups excluding carboxylic acids is 3. The van der Waals surface area contributed by atoms with E-state index in [1.807, 2.05) is 5.32 Å². The minimum absolute atomic E-state index is 0.0788. The van der Waals surface area contributed by atoms with Crippen molar-refractivity contribution in [3.63, 3.8) is 0 Å². The molecule has 2 aromatic carbocycles. The molecule has 0 radical (unpaired) electrons. The highest BCUT2D eigenvalue weighted by Crippen LogP contribution is 2.19. The quantitative estimate of drug-likeness (QED) is 0.513. The van der Waals surface area contributed by atoms with Gasteiger partial charge in [0.25, 0.3) is 5.91 Å². The van der Waals surface area contributed by atoms with Gasteiger partial charge in [0.15, 0.2) is 0 Å². The highest BCUT2D eigenvalue weighted by molar-refractivity contribution is 7.89. The lowest BCUT2D eigenvalue weighted by Gasteiger charge is -2.20. The maximum absolute atomic E-state index is 12.5. The van der Waals surface area contributed by atoms with Crippen molar-refractivity contribution in [2.75, 3.05) is 14.2 Å². The van der Waals surface area contributed by atoms with E-state index in [1.54, 1.807) is 18.2 Å². The van der Waals surface area contributed by atoms with Crippen molar-refractivity contribution in [2.45, 2.75) is 24.0 Å². The van der Waals surface area contributed by atoms with Crippen LogP contribution in [-0.4, -0.2) is 46.5 Å². The van der Waals surface area contributed by atoms with E-state index in [9.17, 15) is 22.8 Å². The van der Waals surface area contributed by atoms with Crippen LogP contribution in [0.5, 0.6) is 5.75 Å². The van der Waals surface area contributed by atoms with E-state index in [2.05, 4.69) is 10.0 Å². The normalized spacial score (nSPS) is 12.9. The first-order valence-corrected chi connectivity index (χ1v) is 10.6. The third-order valence-electron chi connectivity index (χ3n) is 4.09. The Bertz CT molecular complexity index is 1020. The fourth-order valence-electron chi connectivity index (χ4n) is 2.46. The van der Waals surface area contributed by atoms with Crippen molar-refractivity contribution in [1.82, 2.24) is 15.4 Å². The molecule has 0 fully saturated rings. The standard InChI is InChI=1S/C20H23N3O7S/c1-13(23-31(27,28)16-11-9-15(29-3)10-12-16)19(25)30-17(14-7-5-4-6-8-14)18(24)22-20(26)21-2/h4-13,17,23H,1-3H3,(H2,21,22,24,26)/t13-,17?/m0/s1. The molecule has 2 aromatic rings. The molecule has 0 heterocycles. The number of esters is 1. The Morgan fingerprint density at radius 1 is 0.968 bits per heavy atom. The van der Waals surface area contributed by atoms with Gasteiger partial charge in [0.1, 0.15) is 11.8 Å². The zero-order valence-corrected chi connectivity index (χ0v) is 17.9. The molecule has 0 aliphatic carbocycles. The van der Waals surface area contributed by atoms with Crippen LogP contribution in [0.25, 0.3) is 0 Å². The van der Waals surface area contributed by atoms with E-state index in [0.717, 1.165) is 0 Å². The summed E-state index contributed by atoms with van der Waals surface area (Å²) in [6.45, 7) is 1.28. The lowest BCUT2D eigenvalue weighted by Crippen LogP contribution is -2.44. The van der Waals surface area contributed by atoms with E-state index in [-0.39, 0.29) is 4.90 Å². The first kappa shape index (κ1) is 23.8. The van der Waals surface area contributed by atoms with Crippen LogP contribution in [0.4, 0.5) is 4.79 Å². The Kier molecular flexibility index (Phi) is 8.11. The molecule has 31 heavy (non-hydrogen) atoms. The predicted molar refractivity (Wildman–Crippen MR) is 111 cm³/mol. The van der Waals surface area contributed by atoms with Gasteiger partial charge in [-0.1, -0.05) is 30.3 Å². The van der Waals surface area contributed by atoms with Crippen molar-refractivity contribution in [2.24, 2.45) is 0 Å². The summed E-state index contributed by atoms with van der Waals surface area (Å²) >= 11 is 0. The van der Waals surface area contributed by atoms with E-state index >= 15 is 0 Å². The number of rotatable bonds is 8. The molecule has 0 aliphatic rings. The largest absolute Gasteiger partial charge is 0.497 e. The van der Waals surface area contributed by atoms with Gasteiger partial charge in [-0.05, 0) is 31.2 Å². The van der Waals surface area contributed by atoms with Crippen LogP contribution in [0.3, 0.4) is 0 Å². The summed E-state index contributed by atoms with van der Waals surface area (Å²) in [5.41, 5.74) is 0.308. The van der Waals surface area contributed by atoms with Crippen molar-refractivity contribution in [1.29, 1.82) is 0 Å². The molecule has 0 bridgehead atoms. The van der Waals surface area contributed by atoms with Crippen molar-refractivity contribution < 1.29 is 32.3 Å². The van der Waals surface area contributed by atoms with Crippen LogP contribution in [0.2, 0.25) is 0 Å². The zero-order chi connectivity index (χ0) is 23.0. The number of amides is 3. The molecule has 3 N–H and O–H groups in total. The van der Waals surface area contributed by atoms with Gasteiger partial charge in [-0.2, -0.15) is 4.72 Å². The second-order valence-electron chi connectivity index (χ2n) is 6.31. The van der Waals surface area contributed by atoms with Gasteiger partial charge >= 0.3 is 12.0 Å². The molecule has 3 amide bonds. The maximum atomic E-state index is 12.5. The first-order valence-electron chi connectivity index (χ1n) is 9.12. The molecule has 0 aromatic heterocycles. The van der Waals surface area contributed by atoms with Gasteiger partial charge in [-0.15, -0.1) is 0 Å². The van der Waals surface area contributed by atoms with Gasteiger partial charge in [-0.3, -0.25) is 14.9 Å². The number of carbonyl (C=O) groups is 3. The summed E-state index contributed by atoms with van der Waals surface area (Å²) in [5.74, 6) is -1.42. The molecule has 0 aliphatic heterocycles. The van der Waals surface area contributed by atoms with Crippen LogP contribution >= 0.6 is 0 Å². The minimum Gasteiger partial charge on any atom is -0.497 e. The second-order valence-corrected chi connectivity index (χ2v) is 8.03. The molecule has 0 saturated carbocycles. The Morgan fingerprint density at radius 3 is 2.13 bits per heavy atom. The molecule has 1 unspecified atom stereocenters. The van der Waals surface area contributed by atoms with Crippen LogP contribution < -0.4 is 20.1 Å². The predicted octanol–water partition coefficient (Wildman–Crippen LogP) is 1.10. The molecule has 0 spiro atoms. The maximum Gasteiger partial charge on any atom is 0.325 e. The third-order valence-corrected chi connectivity index (χ3v) is 5.65. The topological polar surface area (TPSA) is 140 Å². The molecule has 0 saturated heterocycles. The van der Waals surface area contributed by atoms with Gasteiger partial charge in [-0.25, -0.2) is 13.2 Å². The van der Waals surface area contributed by atoms with Crippen molar-refractivity contribution in [3.8, 4) is 5.75 Å². The third kappa shape index (κ3) is 6.52. The molecule has 166 valence electrons. The number of methoxy groups -OCH3 is 1. The monoisotopic (exact) mass is 449 g/mol. The highest BCUT2D eigenvalue weighted by atomic mass is 32.2. The molecule has 2 atom stereocenters. The van der Waals surface area contributed by atoms with E-state index < -0.39 is 40.1 Å². The first-order chi connectivity index (χ1) is 14.7. The van der Waals surface area contributed by atoms with Crippen LogP contribution in [0.1, 0.15) is 18.6 Å². The van der Waals surface area contributed by atoms with Crippen molar-refractivity contribution >= 4 is 27.9 Å². The zero-order valence-electron chi connectivity index (χ0n) is 17.1. The number of sulfonamides is 1. The lowest BCUT2D eigenvalue weighted by atomic mass is 10.1. The molecular formula is C20H23N3O7S. The lowest BCUT2D eigenvalue weighted by molar-refractivity contribution is -0.157. The summed E-state index contributed by atoms with van der Waals surface area (Å²) in [6, 6.07) is 11.5. The second kappa shape index (κ2) is 10.5. The smallest absolute Gasteiger partial charge is 0.325 e. The Hall–Kier alpha value is -3.44. The fourth-order valence-corrected chi connectivity index (χ4v) is 3.65. The number of benzene rings is 2. The van der Waals surface area contributed by atoms with E-state index in [1.165, 1.54) is 57.5 Å². The Labute approximate surface area is 180 Å². The molecular weight excluding hydrogens is 426 g/mol. The molecule has 2 rings (SSSR count). The summed E-state index contributed by atoms with van der Waals surface area (Å²) in [6.07, 6.45) is -1.46. The summed E-state index contributed by atoms with van der Waals surface area (Å²) in [4.78, 5) is 36.4. The van der Waals surface area contributed by atoms with Gasteiger partial charge in [0, 0.05) is 12.6 Å². The van der Waals surface area contributed by atoms with Crippen LogP contribution in [0.15, 0.2) is 59.5 Å². The van der Waals surface area contributed by atoms with Gasteiger partial charge in [0.2, 0.25) is 16.1 Å². The van der Waals surface area contributed by atoms with E-state index in [4.69, 9.17) is 9.47 Å². The minimum atomic E-state index is -4.04. The number of hydrogen-bond acceptors (Lipinski definition) is 7. The number of imide groups is 1. The van der Waals surface area contributed by atoms with Crippen molar-refractivity contribution in [3.05, 3.63) is 60.2 Å². The number of ether oxygens (including phenoxy) is 2. The number of nitrogens with one attached hydrogen (secondary N) is 3. The summed E-state index contributed by atoms with van der Waals surface area (Å²) < 4.78 is 37.5. The molecule has 10 nitrogen and oxygen atoms in total. The fraction of sp³-hybridized carbons (Fsp3) is 0.250. The SMILES string of the molecule is CNC(=O)NC(=O)C(OC(=O)[C@H](C)NS(=O)(=O)c1ccc(OC)cc1)c1ccccc1. The highest BCUT2D eigenvalue weighted by Gasteiger charge is 2.30. The number of urea groups is 1. The van der Waals surface area contributed by atoms with Crippen LogP contribution in [-0.2, 0) is 24.3 Å². The Morgan fingerprint density at radius 2 is 1.58 bits per heavy atom. The van der Waals surface area contributed by atoms with E-state index in [0.29, 0.717) is 11.3 Å². The molecule has 11 heteroatoms. The summed E-state index contributed by atoms with van der Waals surface area (Å²) in [7, 11) is -1.27. The Balaban J connectivity index is 2.16. The average Bonchev–Trinajstić information content (AvgIpc) is 2.77. The van der Waals surface area contributed by atoms with Crippen LogP contribution in [0, 0.1) is 0 Å². The number of hydrogen-bond donors (Lipinski definition) is 3. The summed E-state index contributed by atoms with van der Waals surface area (Å²) in [5, 5.41) is 4.26. The average molecular weight is 449 g/mol. The van der Waals surface area contributed by atoms with Gasteiger partial charge < -0.3 is 14.8 Å². The van der Waals surface area contributed by atoms with Gasteiger partial charge in [0.05, 0.1) is 12.0 Å².